The number of ether oxygens (including phenoxy) is 1. The van der Waals surface area contributed by atoms with E-state index in [1.807, 2.05) is 0 Å². The molecule has 0 aliphatic rings. The Morgan fingerprint density at radius 3 is 2.81 bits per heavy atom. The molecule has 0 aliphatic heterocycles. The molecule has 2 unspecified atom stereocenters. The summed E-state index contributed by atoms with van der Waals surface area (Å²) < 4.78 is 4.67. The number of esters is 1. The molecule has 1 aromatic rings. The lowest BCUT2D eigenvalue weighted by molar-refractivity contribution is -0.147. The first-order valence-electron chi connectivity index (χ1n) is 5.07. The van der Waals surface area contributed by atoms with Crippen LogP contribution in [0.15, 0.2) is 24.4 Å². The van der Waals surface area contributed by atoms with Gasteiger partial charge in [0.15, 0.2) is 0 Å². The number of pyridine rings is 1. The van der Waals surface area contributed by atoms with Crippen LogP contribution in [0.1, 0.15) is 25.1 Å². The van der Waals surface area contributed by atoms with E-state index in [4.69, 9.17) is 0 Å². The zero-order chi connectivity index (χ0) is 12.0. The largest absolute Gasteiger partial charge is 0.466 e. The molecule has 5 heteroatoms. The van der Waals surface area contributed by atoms with Gasteiger partial charge < -0.3 is 14.9 Å². The van der Waals surface area contributed by atoms with Crippen LogP contribution in [0.2, 0.25) is 0 Å². The highest BCUT2D eigenvalue weighted by Crippen LogP contribution is 2.16. The second-order valence-corrected chi connectivity index (χ2v) is 3.28. The van der Waals surface area contributed by atoms with E-state index in [1.165, 1.54) is 6.20 Å². The molecule has 1 heterocycles. The topological polar surface area (TPSA) is 79.7 Å². The van der Waals surface area contributed by atoms with Gasteiger partial charge in [0, 0.05) is 6.20 Å². The van der Waals surface area contributed by atoms with E-state index in [9.17, 15) is 15.0 Å². The number of nitrogens with zero attached hydrogens (tertiary/aromatic N) is 1. The summed E-state index contributed by atoms with van der Waals surface area (Å²) in [6.45, 7) is 1.94. The molecule has 0 aliphatic carbocycles. The van der Waals surface area contributed by atoms with E-state index in [2.05, 4.69) is 9.72 Å². The van der Waals surface area contributed by atoms with Crippen LogP contribution in [-0.2, 0) is 9.53 Å². The maximum absolute atomic E-state index is 11.1. The van der Waals surface area contributed by atoms with Crippen molar-refractivity contribution in [2.45, 2.75) is 25.6 Å². The minimum Gasteiger partial charge on any atom is -0.466 e. The molecule has 0 radical (unpaired) electrons. The lowest BCUT2D eigenvalue weighted by Crippen LogP contribution is -2.23. The van der Waals surface area contributed by atoms with Gasteiger partial charge in [-0.25, -0.2) is 0 Å². The summed E-state index contributed by atoms with van der Waals surface area (Å²) in [6, 6.07) is 4.98. The van der Waals surface area contributed by atoms with Crippen molar-refractivity contribution in [1.29, 1.82) is 0 Å². The Labute approximate surface area is 93.7 Å². The molecule has 0 saturated heterocycles. The van der Waals surface area contributed by atoms with Gasteiger partial charge >= 0.3 is 5.97 Å². The highest BCUT2D eigenvalue weighted by Gasteiger charge is 2.22. The van der Waals surface area contributed by atoms with Crippen molar-refractivity contribution in [3.63, 3.8) is 0 Å². The first kappa shape index (κ1) is 12.6. The molecule has 5 nitrogen and oxygen atoms in total. The van der Waals surface area contributed by atoms with Crippen molar-refractivity contribution in [2.24, 2.45) is 0 Å². The molecule has 0 fully saturated rings. The minimum atomic E-state index is -1.20. The number of carbonyl (C=O) groups is 1. The lowest BCUT2D eigenvalue weighted by atomic mass is 10.1. The van der Waals surface area contributed by atoms with Gasteiger partial charge in [-0.2, -0.15) is 0 Å². The van der Waals surface area contributed by atoms with Crippen molar-refractivity contribution >= 4 is 5.97 Å². The maximum Gasteiger partial charge on any atom is 0.308 e. The van der Waals surface area contributed by atoms with Crippen LogP contribution in [0.5, 0.6) is 0 Å². The first-order valence-corrected chi connectivity index (χ1v) is 5.07. The fraction of sp³-hybridized carbons (Fsp3) is 0.455. The summed E-state index contributed by atoms with van der Waals surface area (Å²) in [6.07, 6.45) is -1.11. The third-order valence-corrected chi connectivity index (χ3v) is 2.04. The van der Waals surface area contributed by atoms with Gasteiger partial charge in [-0.3, -0.25) is 9.78 Å². The van der Waals surface area contributed by atoms with Crippen LogP contribution in [0.25, 0.3) is 0 Å². The van der Waals surface area contributed by atoms with Gasteiger partial charge in [0.2, 0.25) is 0 Å². The lowest BCUT2D eigenvalue weighted by Gasteiger charge is -2.16. The van der Waals surface area contributed by atoms with Gasteiger partial charge in [0.1, 0.15) is 6.10 Å². The second kappa shape index (κ2) is 6.19. The molecule has 2 atom stereocenters. The summed E-state index contributed by atoms with van der Waals surface area (Å²) in [5.74, 6) is -0.537. The Kier molecular flexibility index (Phi) is 4.88. The van der Waals surface area contributed by atoms with Crippen molar-refractivity contribution in [3.05, 3.63) is 30.1 Å². The molecule has 0 aromatic carbocycles. The summed E-state index contributed by atoms with van der Waals surface area (Å²) in [5, 5.41) is 19.3. The van der Waals surface area contributed by atoms with Crippen LogP contribution in [-0.4, -0.2) is 33.9 Å². The van der Waals surface area contributed by atoms with Gasteiger partial charge in [-0.1, -0.05) is 6.07 Å². The van der Waals surface area contributed by atoms with E-state index in [0.29, 0.717) is 5.69 Å². The summed E-state index contributed by atoms with van der Waals surface area (Å²) in [5.41, 5.74) is 0.333. The highest BCUT2D eigenvalue weighted by atomic mass is 16.5. The molecule has 88 valence electrons. The standard InChI is InChI=1S/C11H15NO4/c1-2-16-10(14)7-9(13)11(15)8-5-3-4-6-12-8/h3-6,9,11,13,15H,2,7H2,1H3. The molecule has 1 aromatic heterocycles. The molecule has 0 amide bonds. The van der Waals surface area contributed by atoms with Crippen molar-refractivity contribution in [2.75, 3.05) is 6.61 Å². The third kappa shape index (κ3) is 3.60. The number of aromatic nitrogens is 1. The second-order valence-electron chi connectivity index (χ2n) is 3.28. The van der Waals surface area contributed by atoms with Gasteiger partial charge in [0.25, 0.3) is 0 Å². The minimum absolute atomic E-state index is 0.244. The maximum atomic E-state index is 11.1. The SMILES string of the molecule is CCOC(=O)CC(O)C(O)c1ccccn1. The molecule has 16 heavy (non-hydrogen) atoms. The average molecular weight is 225 g/mol. The molecular formula is C11H15NO4. The number of aliphatic hydroxyl groups is 2. The molecular weight excluding hydrogens is 210 g/mol. The predicted octanol–water partition coefficient (Wildman–Crippen LogP) is 0.429. The predicted molar refractivity (Wildman–Crippen MR) is 56.5 cm³/mol. The van der Waals surface area contributed by atoms with Gasteiger partial charge in [-0.05, 0) is 19.1 Å². The first-order chi connectivity index (χ1) is 7.65. The van der Waals surface area contributed by atoms with Gasteiger partial charge in [0.05, 0.1) is 24.8 Å². The smallest absolute Gasteiger partial charge is 0.308 e. The normalized spacial score (nSPS) is 14.2. The molecule has 2 N–H and O–H groups in total. The van der Waals surface area contributed by atoms with Crippen LogP contribution in [0.4, 0.5) is 0 Å². The molecule has 0 saturated carbocycles. The van der Waals surface area contributed by atoms with Crippen molar-refractivity contribution in [3.8, 4) is 0 Å². The van der Waals surface area contributed by atoms with Crippen molar-refractivity contribution in [1.82, 2.24) is 4.98 Å². The monoisotopic (exact) mass is 225 g/mol. The van der Waals surface area contributed by atoms with Crippen LogP contribution >= 0.6 is 0 Å². The molecule has 0 spiro atoms. The third-order valence-electron chi connectivity index (χ3n) is 2.04. The van der Waals surface area contributed by atoms with Crippen molar-refractivity contribution < 1.29 is 19.7 Å². The molecule has 1 rings (SSSR count). The number of carbonyl (C=O) groups excluding carboxylic acids is 1. The summed E-state index contributed by atoms with van der Waals surface area (Å²) in [4.78, 5) is 15.0. The molecule has 0 bridgehead atoms. The van der Waals surface area contributed by atoms with E-state index in [0.717, 1.165) is 0 Å². The number of aliphatic hydroxyl groups excluding tert-OH is 2. The van der Waals surface area contributed by atoms with E-state index < -0.39 is 18.2 Å². The Morgan fingerprint density at radius 2 is 2.25 bits per heavy atom. The van der Waals surface area contributed by atoms with Gasteiger partial charge in [-0.15, -0.1) is 0 Å². The zero-order valence-electron chi connectivity index (χ0n) is 9.04. The Hall–Kier alpha value is -1.46. The van der Waals surface area contributed by atoms with Crippen LogP contribution < -0.4 is 0 Å². The highest BCUT2D eigenvalue weighted by molar-refractivity contribution is 5.70. The Balaban J connectivity index is 2.54. The average Bonchev–Trinajstić information content (AvgIpc) is 2.29. The Bertz CT molecular complexity index is 328. The zero-order valence-corrected chi connectivity index (χ0v) is 9.04. The number of rotatable bonds is 5. The van der Waals surface area contributed by atoms with E-state index in [-0.39, 0.29) is 13.0 Å². The van der Waals surface area contributed by atoms with E-state index >= 15 is 0 Å². The summed E-state index contributed by atoms with van der Waals surface area (Å²) in [7, 11) is 0. The fourth-order valence-corrected chi connectivity index (χ4v) is 1.25. The van der Waals surface area contributed by atoms with Crippen LogP contribution in [0, 0.1) is 0 Å². The number of hydrogen-bond acceptors (Lipinski definition) is 5. The van der Waals surface area contributed by atoms with E-state index in [1.54, 1.807) is 25.1 Å². The Morgan fingerprint density at radius 1 is 1.50 bits per heavy atom. The fourth-order valence-electron chi connectivity index (χ4n) is 1.25. The van der Waals surface area contributed by atoms with Crippen LogP contribution in [0.3, 0.4) is 0 Å². The number of hydrogen-bond donors (Lipinski definition) is 2. The quantitative estimate of drug-likeness (QED) is 0.710. The summed E-state index contributed by atoms with van der Waals surface area (Å²) >= 11 is 0.